The fourth-order valence-corrected chi connectivity index (χ4v) is 4.22. The van der Waals surface area contributed by atoms with Crippen molar-refractivity contribution in [2.75, 3.05) is 0 Å². The maximum absolute atomic E-state index is 12.5. The second-order valence-corrected chi connectivity index (χ2v) is 10.6. The first-order valence-electron chi connectivity index (χ1n) is 16.6. The molecule has 0 spiro atoms. The summed E-state index contributed by atoms with van der Waals surface area (Å²) in [6.45, 7) is 4.28. The van der Waals surface area contributed by atoms with Crippen LogP contribution in [-0.4, -0.2) is 23.1 Å². The van der Waals surface area contributed by atoms with Crippen molar-refractivity contribution in [2.45, 2.75) is 142 Å². The van der Waals surface area contributed by atoms with E-state index in [0.717, 1.165) is 109 Å². The van der Waals surface area contributed by atoms with Crippen LogP contribution in [0.3, 0.4) is 0 Å². The van der Waals surface area contributed by atoms with Crippen LogP contribution in [0.1, 0.15) is 136 Å². The molecule has 0 saturated heterocycles. The highest BCUT2D eigenvalue weighted by Crippen LogP contribution is 2.14. The lowest BCUT2D eigenvalue weighted by atomic mass is 10.1. The van der Waals surface area contributed by atoms with Gasteiger partial charge in [-0.3, -0.25) is 9.59 Å². The minimum Gasteiger partial charge on any atom is -0.481 e. The average molecular weight is 581 g/mol. The van der Waals surface area contributed by atoms with Gasteiger partial charge in [0.25, 0.3) is 0 Å². The second kappa shape index (κ2) is 32.6. The van der Waals surface area contributed by atoms with Gasteiger partial charge in [-0.2, -0.15) is 0 Å². The van der Waals surface area contributed by atoms with E-state index >= 15 is 0 Å². The van der Waals surface area contributed by atoms with E-state index in [9.17, 15) is 9.59 Å². The zero-order valence-corrected chi connectivity index (χ0v) is 26.8. The zero-order valence-electron chi connectivity index (χ0n) is 26.8. The number of carbonyl (C=O) groups excluding carboxylic acids is 1. The molecule has 0 rings (SSSR count). The molecule has 0 amide bonds. The Labute approximate surface area is 258 Å². The summed E-state index contributed by atoms with van der Waals surface area (Å²) < 4.78 is 5.84. The quantitative estimate of drug-likeness (QED) is 0.0568. The molecule has 4 nitrogen and oxygen atoms in total. The Hall–Kier alpha value is -2.88. The van der Waals surface area contributed by atoms with E-state index in [4.69, 9.17) is 9.84 Å². The fourth-order valence-electron chi connectivity index (χ4n) is 4.22. The number of hydrogen-bond acceptors (Lipinski definition) is 3. The Morgan fingerprint density at radius 2 is 1.00 bits per heavy atom. The molecule has 0 radical (unpaired) electrons. The molecule has 4 heteroatoms. The Morgan fingerprint density at radius 1 is 0.548 bits per heavy atom. The number of rotatable bonds is 28. The lowest BCUT2D eigenvalue weighted by Crippen LogP contribution is -2.16. The molecule has 1 unspecified atom stereocenters. The van der Waals surface area contributed by atoms with Crippen LogP contribution in [-0.2, 0) is 14.3 Å². The summed E-state index contributed by atoms with van der Waals surface area (Å²) in [6, 6.07) is 0. The van der Waals surface area contributed by atoms with Crippen LogP contribution >= 0.6 is 0 Å². The first-order valence-corrected chi connectivity index (χ1v) is 16.6. The van der Waals surface area contributed by atoms with Crippen LogP contribution < -0.4 is 0 Å². The number of hydrogen-bond donors (Lipinski definition) is 1. The standard InChI is InChI=1S/C38H60O4/c1-3-5-7-9-11-13-14-15-16-17-18-19-21-27-31-35-38(41)42-36(32-28-24-20-12-10-8-6-4-2)33-29-25-22-23-26-30-34-37(39)40/h5-8,11-13,15-16,18-20,28,32,36H,3-4,9-10,14,17,21-27,29-31,33-35H2,1-2H3,(H,39,40)/b7-5-,8-6-,13-11-,16-15-,19-18-,20-12-,32-28-. The predicted octanol–water partition coefficient (Wildman–Crippen LogP) is 11.3. The van der Waals surface area contributed by atoms with Crippen molar-refractivity contribution in [1.29, 1.82) is 0 Å². The van der Waals surface area contributed by atoms with Crippen LogP contribution in [0.15, 0.2) is 85.1 Å². The minimum absolute atomic E-state index is 0.108. The molecular weight excluding hydrogens is 520 g/mol. The van der Waals surface area contributed by atoms with Crippen molar-refractivity contribution in [2.24, 2.45) is 0 Å². The van der Waals surface area contributed by atoms with Gasteiger partial charge < -0.3 is 9.84 Å². The van der Waals surface area contributed by atoms with Crippen LogP contribution in [0.4, 0.5) is 0 Å². The Morgan fingerprint density at radius 3 is 1.55 bits per heavy atom. The molecule has 0 aromatic heterocycles. The number of carbonyl (C=O) groups is 2. The number of carboxylic acid groups (broad SMARTS) is 1. The highest BCUT2D eigenvalue weighted by atomic mass is 16.5. The van der Waals surface area contributed by atoms with Gasteiger partial charge in [-0.25, -0.2) is 0 Å². The minimum atomic E-state index is -0.714. The van der Waals surface area contributed by atoms with Crippen molar-refractivity contribution in [3.8, 4) is 0 Å². The molecule has 0 fully saturated rings. The summed E-state index contributed by atoms with van der Waals surface area (Å²) in [6.07, 6.45) is 47.5. The third kappa shape index (κ3) is 31.6. The van der Waals surface area contributed by atoms with Gasteiger partial charge in [0.15, 0.2) is 0 Å². The monoisotopic (exact) mass is 580 g/mol. The van der Waals surface area contributed by atoms with E-state index in [2.05, 4.69) is 92.8 Å². The van der Waals surface area contributed by atoms with Gasteiger partial charge in [-0.1, -0.05) is 119 Å². The average Bonchev–Trinajstić information content (AvgIpc) is 2.97. The summed E-state index contributed by atoms with van der Waals surface area (Å²) in [5, 5.41) is 8.74. The molecule has 0 aromatic rings. The molecule has 1 N–H and O–H groups in total. The maximum Gasteiger partial charge on any atom is 0.306 e. The lowest BCUT2D eigenvalue weighted by molar-refractivity contribution is -0.147. The van der Waals surface area contributed by atoms with Gasteiger partial charge in [-0.15, -0.1) is 0 Å². The molecule has 236 valence electrons. The van der Waals surface area contributed by atoms with E-state index in [-0.39, 0.29) is 18.5 Å². The number of carboxylic acids is 1. The molecule has 0 aliphatic heterocycles. The summed E-state index contributed by atoms with van der Waals surface area (Å²) in [4.78, 5) is 23.1. The molecule has 0 bridgehead atoms. The number of esters is 1. The topological polar surface area (TPSA) is 63.6 Å². The van der Waals surface area contributed by atoms with Crippen molar-refractivity contribution in [1.82, 2.24) is 0 Å². The molecule has 0 aliphatic carbocycles. The van der Waals surface area contributed by atoms with Gasteiger partial charge >= 0.3 is 11.9 Å². The van der Waals surface area contributed by atoms with E-state index < -0.39 is 5.97 Å². The highest BCUT2D eigenvalue weighted by Gasteiger charge is 2.11. The van der Waals surface area contributed by atoms with Gasteiger partial charge in [0.1, 0.15) is 6.10 Å². The number of allylic oxidation sites excluding steroid dienone is 13. The van der Waals surface area contributed by atoms with Crippen molar-refractivity contribution in [3.05, 3.63) is 85.1 Å². The van der Waals surface area contributed by atoms with Gasteiger partial charge in [0, 0.05) is 12.8 Å². The first kappa shape index (κ1) is 39.1. The molecule has 42 heavy (non-hydrogen) atoms. The van der Waals surface area contributed by atoms with Crippen LogP contribution in [0.25, 0.3) is 0 Å². The third-order valence-corrected chi connectivity index (χ3v) is 6.60. The van der Waals surface area contributed by atoms with Crippen molar-refractivity contribution in [3.63, 3.8) is 0 Å². The van der Waals surface area contributed by atoms with E-state index in [1.807, 2.05) is 6.08 Å². The van der Waals surface area contributed by atoms with Gasteiger partial charge in [0.05, 0.1) is 0 Å². The summed E-state index contributed by atoms with van der Waals surface area (Å²) in [5.74, 6) is -0.822. The van der Waals surface area contributed by atoms with Gasteiger partial charge in [-0.05, 0) is 89.5 Å². The van der Waals surface area contributed by atoms with E-state index in [1.165, 1.54) is 0 Å². The van der Waals surface area contributed by atoms with Crippen LogP contribution in [0, 0.1) is 0 Å². The SMILES string of the molecule is CC/C=C\C/C=C\C/C=C\C/C=C\CCCCC(=O)OC(/C=C\C/C=C\C/C=C\CC)CCCCCCCCC(=O)O. The Balaban J connectivity index is 4.28. The number of unbranched alkanes of at least 4 members (excludes halogenated alkanes) is 7. The lowest BCUT2D eigenvalue weighted by Gasteiger charge is -2.14. The highest BCUT2D eigenvalue weighted by molar-refractivity contribution is 5.69. The van der Waals surface area contributed by atoms with Crippen LogP contribution in [0.2, 0.25) is 0 Å². The molecule has 1 atom stereocenters. The molecular formula is C38H60O4. The maximum atomic E-state index is 12.5. The summed E-state index contributed by atoms with van der Waals surface area (Å²) in [7, 11) is 0. The molecule has 0 aromatic carbocycles. The van der Waals surface area contributed by atoms with Crippen LogP contribution in [0.5, 0.6) is 0 Å². The summed E-state index contributed by atoms with van der Waals surface area (Å²) in [5.41, 5.74) is 0. The molecule has 0 saturated carbocycles. The van der Waals surface area contributed by atoms with Crippen molar-refractivity contribution >= 4 is 11.9 Å². The zero-order chi connectivity index (χ0) is 30.8. The predicted molar refractivity (Wildman–Crippen MR) is 181 cm³/mol. The number of aliphatic carboxylic acids is 1. The Bertz CT molecular complexity index is 841. The van der Waals surface area contributed by atoms with Gasteiger partial charge in [0.2, 0.25) is 0 Å². The third-order valence-electron chi connectivity index (χ3n) is 6.60. The molecule has 0 heterocycles. The normalized spacial score (nSPS) is 13.4. The van der Waals surface area contributed by atoms with E-state index in [1.54, 1.807) is 0 Å². The van der Waals surface area contributed by atoms with Crippen molar-refractivity contribution < 1.29 is 19.4 Å². The number of ether oxygens (including phenoxy) is 1. The smallest absolute Gasteiger partial charge is 0.306 e. The Kier molecular flexibility index (Phi) is 30.4. The second-order valence-electron chi connectivity index (χ2n) is 10.6. The van der Waals surface area contributed by atoms with E-state index in [0.29, 0.717) is 6.42 Å². The first-order chi connectivity index (χ1) is 20.6. The molecule has 0 aliphatic rings. The largest absolute Gasteiger partial charge is 0.481 e. The summed E-state index contributed by atoms with van der Waals surface area (Å²) >= 11 is 0. The fraction of sp³-hybridized carbons (Fsp3) is 0.579.